The molecule has 1 aromatic carbocycles. The Kier molecular flexibility index (Phi) is 16.3. The monoisotopic (exact) mass is 685 g/mol. The largest absolute Gasteiger partial charge is 0.716 e. The maximum atomic E-state index is 13.3. The third-order valence-corrected chi connectivity index (χ3v) is 7.35. The molecule has 47 heavy (non-hydrogen) atoms. The van der Waals surface area contributed by atoms with Crippen molar-refractivity contribution in [2.75, 3.05) is 53.8 Å². The van der Waals surface area contributed by atoms with E-state index in [4.69, 9.17) is 15.2 Å². The number of anilines is 1. The van der Waals surface area contributed by atoms with E-state index in [0.717, 1.165) is 4.48 Å². The van der Waals surface area contributed by atoms with Crippen LogP contribution >= 0.6 is 0 Å². The Morgan fingerprint density at radius 1 is 1.00 bits per heavy atom. The second-order valence-corrected chi connectivity index (χ2v) is 14.8. The van der Waals surface area contributed by atoms with Crippen LogP contribution in [0.2, 0.25) is 0 Å². The first-order valence-corrected chi connectivity index (χ1v) is 16.2. The second-order valence-electron chi connectivity index (χ2n) is 13.8. The van der Waals surface area contributed by atoms with Crippen LogP contribution in [0.3, 0.4) is 0 Å². The molecule has 0 fully saturated rings. The molecule has 0 aromatic heterocycles. The van der Waals surface area contributed by atoms with Gasteiger partial charge in [-0.25, -0.2) is 13.2 Å². The van der Waals surface area contributed by atoms with Gasteiger partial charge < -0.3 is 39.1 Å². The molecule has 4 N–H and O–H groups in total. The Morgan fingerprint density at radius 2 is 1.51 bits per heavy atom. The van der Waals surface area contributed by atoms with Crippen molar-refractivity contribution in [2.45, 2.75) is 60.3 Å². The number of methoxy groups -OCH3 is 1. The zero-order chi connectivity index (χ0) is 36.9. The molecule has 0 bridgehead atoms. The van der Waals surface area contributed by atoms with Crippen molar-refractivity contribution in [3.8, 4) is 11.8 Å². The molecule has 3 atom stereocenters. The maximum absolute atomic E-state index is 13.3. The number of ether oxygens (including phenoxy) is 2. The molecule has 0 saturated heterocycles. The van der Waals surface area contributed by atoms with Gasteiger partial charge in [-0.1, -0.05) is 20.8 Å². The van der Waals surface area contributed by atoms with Crippen molar-refractivity contribution in [3.63, 3.8) is 0 Å². The fourth-order valence-corrected chi connectivity index (χ4v) is 4.88. The van der Waals surface area contributed by atoms with E-state index < -0.39 is 56.4 Å². The number of nitrogens with zero attached hydrogens (tertiary/aromatic N) is 2. The minimum absolute atomic E-state index is 0.0209. The van der Waals surface area contributed by atoms with E-state index in [1.54, 1.807) is 34.6 Å². The highest BCUT2D eigenvalue weighted by molar-refractivity contribution is 7.81. The quantitative estimate of drug-likeness (QED) is 0.0753. The van der Waals surface area contributed by atoms with Crippen molar-refractivity contribution in [1.29, 1.82) is 5.26 Å². The number of urea groups is 1. The molecule has 1 aromatic rings. The number of quaternary nitrogens is 1. The fourth-order valence-electron chi connectivity index (χ4n) is 4.53. The molecule has 1 rings (SSSR count). The molecule has 0 aliphatic heterocycles. The van der Waals surface area contributed by atoms with E-state index in [2.05, 4.69) is 49.1 Å². The van der Waals surface area contributed by atoms with Crippen molar-refractivity contribution in [3.05, 3.63) is 24.3 Å². The van der Waals surface area contributed by atoms with Crippen LogP contribution in [0.4, 0.5) is 10.5 Å². The first-order valence-electron chi connectivity index (χ1n) is 14.8. The molecule has 266 valence electrons. The topological polar surface area (TPSA) is 227 Å². The summed E-state index contributed by atoms with van der Waals surface area (Å²) in [5, 5.41) is 14.9. The number of nitriles is 1. The molecule has 16 heteroatoms. The Labute approximate surface area is 278 Å². The Balaban J connectivity index is 0.00000391. The number of nitrogens with one attached hydrogen (secondary N) is 2. The summed E-state index contributed by atoms with van der Waals surface area (Å²) in [5.74, 6) is -2.82. The van der Waals surface area contributed by atoms with Gasteiger partial charge in [-0.05, 0) is 63.8 Å². The number of hydrogen-bond acceptors (Lipinski definition) is 11. The highest BCUT2D eigenvalue weighted by Gasteiger charge is 2.46. The smallest absolute Gasteiger partial charge is 0.319 e. The summed E-state index contributed by atoms with van der Waals surface area (Å²) >= 11 is 0. The van der Waals surface area contributed by atoms with Gasteiger partial charge in [-0.2, -0.15) is 5.26 Å². The van der Waals surface area contributed by atoms with Crippen molar-refractivity contribution in [2.24, 2.45) is 27.9 Å². The van der Waals surface area contributed by atoms with Crippen LogP contribution in [0.25, 0.3) is 0 Å². The lowest BCUT2D eigenvalue weighted by Gasteiger charge is -2.36. The molecule has 3 amide bonds. The number of carbonyl (C=O) groups is 4. The van der Waals surface area contributed by atoms with Crippen LogP contribution in [-0.2, 0) is 34.3 Å². The van der Waals surface area contributed by atoms with Gasteiger partial charge in [0.05, 0.1) is 58.7 Å². The molecule has 0 aliphatic carbocycles. The van der Waals surface area contributed by atoms with Crippen LogP contribution in [0.15, 0.2) is 24.3 Å². The third kappa shape index (κ3) is 17.0. The zero-order valence-electron chi connectivity index (χ0n) is 29.1. The number of hydrogen-bond donors (Lipinski definition) is 3. The van der Waals surface area contributed by atoms with Crippen LogP contribution in [-0.4, -0.2) is 89.8 Å². The minimum Gasteiger partial charge on any atom is -0.716 e. The number of nitrogens with two attached hydrogens (primary N) is 1. The Hall–Kier alpha value is -3.94. The number of carbonyl (C=O) groups excluding carboxylic acids is 4. The first-order chi connectivity index (χ1) is 21.3. The van der Waals surface area contributed by atoms with Crippen LogP contribution in [0.5, 0.6) is 5.75 Å². The van der Waals surface area contributed by atoms with Crippen LogP contribution in [0.1, 0.15) is 60.3 Å². The molecular weight excluding hydrogens is 634 g/mol. The number of primary amides is 1. The Morgan fingerprint density at radius 3 is 1.94 bits per heavy atom. The minimum atomic E-state index is -4.93. The lowest BCUT2D eigenvalue weighted by Crippen LogP contribution is -2.43. The summed E-state index contributed by atoms with van der Waals surface area (Å²) in [6.45, 7) is 7.87. The van der Waals surface area contributed by atoms with E-state index in [0.29, 0.717) is 6.42 Å². The lowest BCUT2D eigenvalue weighted by atomic mass is 9.67. The van der Waals surface area contributed by atoms with Gasteiger partial charge in [0.15, 0.2) is 0 Å². The number of rotatable bonds is 16. The maximum Gasteiger partial charge on any atom is 0.319 e. The van der Waals surface area contributed by atoms with E-state index in [1.807, 2.05) is 0 Å². The molecule has 0 radical (unpaired) electrons. The van der Waals surface area contributed by atoms with Crippen LogP contribution in [0, 0.1) is 33.5 Å². The third-order valence-electron chi connectivity index (χ3n) is 6.96. The molecule has 0 aliphatic rings. The second kappa shape index (κ2) is 17.8. The molecule has 15 nitrogen and oxygen atoms in total. The normalized spacial score (nSPS) is 14.8. The SMILES string of the molecule is CCC(C)(CC(C#N)CC(C)(CC(C)(C)C(N)=O)C(=O)OCCNC(=O)Nc1ccc(OS(=O)(=O)[O-])cc1)C(=O)OC.C[N+](C)(C)C. The standard InChI is InChI=1S/C27H40N4O10S.C4H12N/c1-7-26(4,22(33)39-6)14-18(16-28)15-27(5,17-25(2,3)21(29)32)23(34)40-13-12-30-24(35)31-19-8-10-20(11-9-19)41-42(36,37)38;1-5(2,3)4/h8-11,18H,7,12-15,17H2,1-6H3,(H2,29,32)(H2,30,31,35)(H,36,37,38);1-4H3/q;+1/p-1. The van der Waals surface area contributed by atoms with Gasteiger partial charge in [0.25, 0.3) is 10.4 Å². The van der Waals surface area contributed by atoms with E-state index >= 15 is 0 Å². The van der Waals surface area contributed by atoms with Gasteiger partial charge in [0.1, 0.15) is 12.4 Å². The van der Waals surface area contributed by atoms with Crippen molar-refractivity contribution < 1.29 is 50.3 Å². The number of esters is 2. The van der Waals surface area contributed by atoms with Gasteiger partial charge in [-0.3, -0.25) is 14.4 Å². The first kappa shape index (κ1) is 43.1. The fraction of sp³-hybridized carbons (Fsp3) is 0.645. The molecule has 0 spiro atoms. The summed E-state index contributed by atoms with van der Waals surface area (Å²) in [4.78, 5) is 50.0. The number of benzene rings is 1. The summed E-state index contributed by atoms with van der Waals surface area (Å²) in [6, 6.07) is 6.45. The van der Waals surface area contributed by atoms with Crippen LogP contribution < -0.4 is 20.6 Å². The van der Waals surface area contributed by atoms with Gasteiger partial charge in [0, 0.05) is 17.0 Å². The molecule has 3 unspecified atom stereocenters. The number of amides is 3. The average Bonchev–Trinajstić information content (AvgIpc) is 2.93. The molecular formula is C31H51N5O10S. The average molecular weight is 686 g/mol. The predicted octanol–water partition coefficient (Wildman–Crippen LogP) is 2.93. The molecule has 0 saturated carbocycles. The predicted molar refractivity (Wildman–Crippen MR) is 173 cm³/mol. The highest BCUT2D eigenvalue weighted by atomic mass is 32.3. The summed E-state index contributed by atoms with van der Waals surface area (Å²) in [5.41, 5.74) is 2.39. The molecule has 0 heterocycles. The van der Waals surface area contributed by atoms with Crippen molar-refractivity contribution in [1.82, 2.24) is 5.32 Å². The summed E-state index contributed by atoms with van der Waals surface area (Å²) < 4.78 is 47.5. The summed E-state index contributed by atoms with van der Waals surface area (Å²) in [7, 11) is 4.83. The lowest BCUT2D eigenvalue weighted by molar-refractivity contribution is -0.849. The van der Waals surface area contributed by atoms with Gasteiger partial charge in [-0.15, -0.1) is 0 Å². The summed E-state index contributed by atoms with van der Waals surface area (Å²) in [6.07, 6.45) is 0.467. The Bertz CT molecular complexity index is 1360. The van der Waals surface area contributed by atoms with Gasteiger partial charge in [0.2, 0.25) is 5.91 Å². The van der Waals surface area contributed by atoms with E-state index in [9.17, 15) is 37.4 Å². The van der Waals surface area contributed by atoms with E-state index in [-0.39, 0.29) is 43.9 Å². The van der Waals surface area contributed by atoms with E-state index in [1.165, 1.54) is 31.4 Å². The van der Waals surface area contributed by atoms with Crippen molar-refractivity contribution >= 4 is 40.0 Å². The highest BCUT2D eigenvalue weighted by Crippen LogP contribution is 2.43. The van der Waals surface area contributed by atoms with Gasteiger partial charge >= 0.3 is 18.0 Å². The zero-order valence-corrected chi connectivity index (χ0v) is 29.9.